The molecule has 9 nitrogen and oxygen atoms in total. The first-order chi connectivity index (χ1) is 14.6. The summed E-state index contributed by atoms with van der Waals surface area (Å²) in [6.45, 7) is 0.0309. The molecule has 0 aliphatic carbocycles. The predicted octanol–water partition coefficient (Wildman–Crippen LogP) is 1.42. The van der Waals surface area contributed by atoms with Crippen LogP contribution in [0.5, 0.6) is 0 Å². The van der Waals surface area contributed by atoms with Crippen LogP contribution in [0.25, 0.3) is 0 Å². The molecule has 2 heterocycles. The number of carbonyl (C=O) groups excluding carboxylic acids is 3. The summed E-state index contributed by atoms with van der Waals surface area (Å²) in [5.41, 5.74) is 1.82. The molecule has 3 N–H and O–H groups in total. The van der Waals surface area contributed by atoms with E-state index < -0.39 is 23.8 Å². The van der Waals surface area contributed by atoms with Gasteiger partial charge in [-0.25, -0.2) is 0 Å². The summed E-state index contributed by atoms with van der Waals surface area (Å²) in [6.07, 6.45) is 0.309. The largest absolute Gasteiger partial charge is 0.347 e. The van der Waals surface area contributed by atoms with Crippen molar-refractivity contribution in [1.29, 1.82) is 0 Å². The first kappa shape index (κ1) is 19.3. The molecule has 1 unspecified atom stereocenters. The highest BCUT2D eigenvalue weighted by Crippen LogP contribution is 2.18. The van der Waals surface area contributed by atoms with Crippen LogP contribution in [0.1, 0.15) is 34.1 Å². The second kappa shape index (κ2) is 8.56. The number of amides is 3. The average molecular weight is 405 g/mol. The van der Waals surface area contributed by atoms with Crippen molar-refractivity contribution in [1.82, 2.24) is 20.8 Å². The van der Waals surface area contributed by atoms with Crippen molar-refractivity contribution in [3.8, 4) is 0 Å². The number of aromatic nitrogens is 2. The fourth-order valence-electron chi connectivity index (χ4n) is 3.10. The molecule has 4 rings (SSSR count). The van der Waals surface area contributed by atoms with Gasteiger partial charge in [-0.15, -0.1) is 0 Å². The van der Waals surface area contributed by atoms with E-state index in [2.05, 4.69) is 26.1 Å². The quantitative estimate of drug-likeness (QED) is 0.569. The standard InChI is InChI=1S/C21H19N5O4/c27-18(11-16-21(29)23-15-9-5-4-8-14(15)20(28)24-16)22-12-19-25-17(26-30-19)10-13-6-2-1-3-7-13/h1-9,16H,10-12H2,(H,22,27)(H,23,29)(H,24,28). The molecule has 3 amide bonds. The van der Waals surface area contributed by atoms with Gasteiger partial charge in [0.2, 0.25) is 17.7 Å². The van der Waals surface area contributed by atoms with Crippen molar-refractivity contribution >= 4 is 23.4 Å². The molecule has 0 saturated carbocycles. The molecular weight excluding hydrogens is 386 g/mol. The van der Waals surface area contributed by atoms with Crippen LogP contribution in [-0.2, 0) is 22.6 Å². The lowest BCUT2D eigenvalue weighted by atomic mass is 10.1. The summed E-state index contributed by atoms with van der Waals surface area (Å²) < 4.78 is 5.15. The van der Waals surface area contributed by atoms with Crippen LogP contribution in [0.2, 0.25) is 0 Å². The maximum Gasteiger partial charge on any atom is 0.254 e. The van der Waals surface area contributed by atoms with E-state index in [0.717, 1.165) is 5.56 Å². The van der Waals surface area contributed by atoms with Crippen LogP contribution < -0.4 is 16.0 Å². The lowest BCUT2D eigenvalue weighted by molar-refractivity contribution is -0.125. The Bertz CT molecular complexity index is 1080. The molecule has 1 aromatic heterocycles. The van der Waals surface area contributed by atoms with Crippen LogP contribution in [-0.4, -0.2) is 33.9 Å². The smallest absolute Gasteiger partial charge is 0.254 e. The first-order valence-corrected chi connectivity index (χ1v) is 9.41. The summed E-state index contributed by atoms with van der Waals surface area (Å²) in [5, 5.41) is 11.8. The minimum absolute atomic E-state index is 0.0309. The minimum atomic E-state index is -0.985. The number of carbonyl (C=O) groups is 3. The lowest BCUT2D eigenvalue weighted by Crippen LogP contribution is -2.44. The molecule has 0 spiro atoms. The lowest BCUT2D eigenvalue weighted by Gasteiger charge is -2.13. The van der Waals surface area contributed by atoms with Gasteiger partial charge in [0.25, 0.3) is 5.91 Å². The molecule has 152 valence electrons. The summed E-state index contributed by atoms with van der Waals surface area (Å²) in [4.78, 5) is 41.2. The van der Waals surface area contributed by atoms with Crippen LogP contribution in [0.4, 0.5) is 5.69 Å². The Balaban J connectivity index is 1.31. The van der Waals surface area contributed by atoms with Crippen LogP contribution in [0, 0.1) is 0 Å². The zero-order valence-corrected chi connectivity index (χ0v) is 15.9. The molecular formula is C21H19N5O4. The summed E-state index contributed by atoms with van der Waals surface area (Å²) in [7, 11) is 0. The summed E-state index contributed by atoms with van der Waals surface area (Å²) >= 11 is 0. The number of hydrogen-bond donors (Lipinski definition) is 3. The highest BCUT2D eigenvalue weighted by Gasteiger charge is 2.29. The predicted molar refractivity (Wildman–Crippen MR) is 106 cm³/mol. The normalized spacial score (nSPS) is 15.5. The number of rotatable bonds is 6. The van der Waals surface area contributed by atoms with E-state index in [-0.39, 0.29) is 18.9 Å². The van der Waals surface area contributed by atoms with Crippen LogP contribution in [0.15, 0.2) is 59.1 Å². The van der Waals surface area contributed by atoms with Gasteiger partial charge < -0.3 is 20.5 Å². The Labute approximate surface area is 171 Å². The molecule has 1 atom stereocenters. The molecule has 0 fully saturated rings. The number of para-hydroxylation sites is 1. The van der Waals surface area contributed by atoms with Gasteiger partial charge >= 0.3 is 0 Å². The third kappa shape index (κ3) is 4.52. The van der Waals surface area contributed by atoms with Crippen molar-refractivity contribution in [3.63, 3.8) is 0 Å². The van der Waals surface area contributed by atoms with Crippen molar-refractivity contribution < 1.29 is 18.9 Å². The number of anilines is 1. The number of hydrogen-bond acceptors (Lipinski definition) is 6. The van der Waals surface area contributed by atoms with Crippen LogP contribution >= 0.6 is 0 Å². The van der Waals surface area contributed by atoms with E-state index in [1.165, 1.54) is 0 Å². The fraction of sp³-hybridized carbons (Fsp3) is 0.190. The van der Waals surface area contributed by atoms with E-state index in [1.807, 2.05) is 30.3 Å². The number of nitrogens with zero attached hydrogens (tertiary/aromatic N) is 2. The van der Waals surface area contributed by atoms with E-state index in [4.69, 9.17) is 4.52 Å². The van der Waals surface area contributed by atoms with Crippen molar-refractivity contribution in [3.05, 3.63) is 77.4 Å². The molecule has 0 bridgehead atoms. The Hall–Kier alpha value is -4.01. The summed E-state index contributed by atoms with van der Waals surface area (Å²) in [5.74, 6) is -0.519. The Morgan fingerprint density at radius 1 is 1.07 bits per heavy atom. The Morgan fingerprint density at radius 2 is 1.83 bits per heavy atom. The Kier molecular flexibility index (Phi) is 5.51. The molecule has 0 saturated heterocycles. The van der Waals surface area contributed by atoms with E-state index in [0.29, 0.717) is 23.5 Å². The highest BCUT2D eigenvalue weighted by molar-refractivity contribution is 6.10. The van der Waals surface area contributed by atoms with E-state index in [1.54, 1.807) is 24.3 Å². The van der Waals surface area contributed by atoms with Crippen molar-refractivity contribution in [2.75, 3.05) is 5.32 Å². The number of benzene rings is 2. The summed E-state index contributed by atoms with van der Waals surface area (Å²) in [6, 6.07) is 15.4. The van der Waals surface area contributed by atoms with Gasteiger partial charge in [0.15, 0.2) is 5.82 Å². The molecule has 3 aromatic rings. The molecule has 1 aliphatic heterocycles. The second-order valence-electron chi connectivity index (χ2n) is 6.81. The molecule has 30 heavy (non-hydrogen) atoms. The SMILES string of the molecule is O=C(CC1NC(=O)c2ccccc2NC1=O)NCc1nc(Cc2ccccc2)no1. The zero-order valence-electron chi connectivity index (χ0n) is 15.9. The second-order valence-corrected chi connectivity index (χ2v) is 6.81. The third-order valence-electron chi connectivity index (χ3n) is 4.59. The molecule has 2 aromatic carbocycles. The minimum Gasteiger partial charge on any atom is -0.347 e. The molecule has 0 radical (unpaired) electrons. The fourth-order valence-corrected chi connectivity index (χ4v) is 3.10. The number of nitrogens with one attached hydrogen (secondary N) is 3. The Morgan fingerprint density at radius 3 is 2.67 bits per heavy atom. The van der Waals surface area contributed by atoms with E-state index in [9.17, 15) is 14.4 Å². The number of fused-ring (bicyclic) bond motifs is 1. The highest BCUT2D eigenvalue weighted by atomic mass is 16.5. The van der Waals surface area contributed by atoms with E-state index >= 15 is 0 Å². The first-order valence-electron chi connectivity index (χ1n) is 9.41. The van der Waals surface area contributed by atoms with Gasteiger partial charge in [0.05, 0.1) is 24.2 Å². The zero-order chi connectivity index (χ0) is 20.9. The van der Waals surface area contributed by atoms with Gasteiger partial charge in [0, 0.05) is 6.42 Å². The van der Waals surface area contributed by atoms with Gasteiger partial charge in [0.1, 0.15) is 6.04 Å². The van der Waals surface area contributed by atoms with Crippen molar-refractivity contribution in [2.24, 2.45) is 0 Å². The van der Waals surface area contributed by atoms with Gasteiger partial charge in [-0.3, -0.25) is 14.4 Å². The maximum atomic E-state index is 12.4. The van der Waals surface area contributed by atoms with Gasteiger partial charge in [-0.05, 0) is 17.7 Å². The third-order valence-corrected chi connectivity index (χ3v) is 4.59. The van der Waals surface area contributed by atoms with Crippen LogP contribution in [0.3, 0.4) is 0 Å². The molecule has 9 heteroatoms. The topological polar surface area (TPSA) is 126 Å². The van der Waals surface area contributed by atoms with Gasteiger partial charge in [-0.1, -0.05) is 47.6 Å². The maximum absolute atomic E-state index is 12.4. The monoisotopic (exact) mass is 405 g/mol. The average Bonchev–Trinajstić information content (AvgIpc) is 3.15. The van der Waals surface area contributed by atoms with Crippen molar-refractivity contribution in [2.45, 2.75) is 25.4 Å². The molecule has 1 aliphatic rings. The van der Waals surface area contributed by atoms with Gasteiger partial charge in [-0.2, -0.15) is 4.98 Å².